The fourth-order valence-electron chi connectivity index (χ4n) is 2.17. The number of hydrogen-bond donors (Lipinski definition) is 1. The van der Waals surface area contributed by atoms with E-state index in [1.165, 1.54) is 0 Å². The van der Waals surface area contributed by atoms with Crippen molar-refractivity contribution < 1.29 is 28.6 Å². The van der Waals surface area contributed by atoms with E-state index in [1.54, 1.807) is 38.1 Å². The topological polar surface area (TPSA) is 90.9 Å². The summed E-state index contributed by atoms with van der Waals surface area (Å²) in [5, 5.41) is 3.25. The van der Waals surface area contributed by atoms with E-state index >= 15 is 0 Å². The molecule has 0 spiro atoms. The highest BCUT2D eigenvalue weighted by Crippen LogP contribution is 2.11. The van der Waals surface area contributed by atoms with E-state index < -0.39 is 11.9 Å². The lowest BCUT2D eigenvalue weighted by Gasteiger charge is -2.07. The summed E-state index contributed by atoms with van der Waals surface area (Å²) < 4.78 is 14.4. The van der Waals surface area contributed by atoms with Gasteiger partial charge in [-0.15, -0.1) is 0 Å². The van der Waals surface area contributed by atoms with Crippen LogP contribution in [-0.4, -0.2) is 37.7 Å². The molecule has 0 aromatic heterocycles. The molecule has 0 aliphatic rings. The Morgan fingerprint density at radius 3 is 2.33 bits per heavy atom. The van der Waals surface area contributed by atoms with Gasteiger partial charge in [0.25, 0.3) is 0 Å². The summed E-state index contributed by atoms with van der Waals surface area (Å²) in [7, 11) is 0. The predicted molar refractivity (Wildman–Crippen MR) is 101 cm³/mol. The van der Waals surface area contributed by atoms with Gasteiger partial charge < -0.3 is 19.5 Å². The average Bonchev–Trinajstić information content (AvgIpc) is 2.65. The predicted octanol–water partition coefficient (Wildman–Crippen LogP) is 3.46. The first-order valence-corrected chi connectivity index (χ1v) is 9.10. The summed E-state index contributed by atoms with van der Waals surface area (Å²) in [6.07, 6.45) is 5.20. The highest BCUT2D eigenvalue weighted by molar-refractivity contribution is 5.90. The first-order valence-electron chi connectivity index (χ1n) is 9.10. The van der Waals surface area contributed by atoms with Gasteiger partial charge in [-0.2, -0.15) is 0 Å². The van der Waals surface area contributed by atoms with Crippen LogP contribution >= 0.6 is 0 Å². The number of ether oxygens (including phenoxy) is 3. The molecule has 7 heteroatoms. The van der Waals surface area contributed by atoms with Gasteiger partial charge in [0.05, 0.1) is 24.9 Å². The lowest BCUT2D eigenvalue weighted by molar-refractivity contribution is -0.143. The number of rotatable bonds is 12. The second-order valence-corrected chi connectivity index (χ2v) is 5.58. The molecule has 0 heterocycles. The quantitative estimate of drug-likeness (QED) is 0.196. The molecule has 0 aliphatic carbocycles. The third-order valence-electron chi connectivity index (χ3n) is 3.48. The normalized spacial score (nSPS) is 10.4. The molecule has 27 heavy (non-hydrogen) atoms. The molecule has 0 amide bonds. The van der Waals surface area contributed by atoms with Crippen molar-refractivity contribution in [2.24, 2.45) is 0 Å². The minimum atomic E-state index is -0.563. The maximum absolute atomic E-state index is 11.8. The summed E-state index contributed by atoms with van der Waals surface area (Å²) in [5.74, 6) is -1.27. The van der Waals surface area contributed by atoms with Crippen LogP contribution in [0.5, 0.6) is 0 Å². The molecule has 0 unspecified atom stereocenters. The number of unbranched alkanes of at least 4 members (excludes halogenated alkanes) is 2. The largest absolute Gasteiger partial charge is 0.466 e. The van der Waals surface area contributed by atoms with E-state index in [0.29, 0.717) is 18.6 Å². The van der Waals surface area contributed by atoms with Crippen LogP contribution < -0.4 is 5.32 Å². The Morgan fingerprint density at radius 2 is 1.67 bits per heavy atom. The van der Waals surface area contributed by atoms with Gasteiger partial charge in [0.2, 0.25) is 0 Å². The number of benzene rings is 1. The van der Waals surface area contributed by atoms with Crippen molar-refractivity contribution in [3.8, 4) is 0 Å². The van der Waals surface area contributed by atoms with E-state index in [1.807, 2.05) is 0 Å². The molecule has 1 rings (SSSR count). The maximum Gasteiger partial charge on any atom is 0.342 e. The molecule has 1 aromatic carbocycles. The molecule has 0 saturated heterocycles. The van der Waals surface area contributed by atoms with E-state index in [4.69, 9.17) is 9.47 Å². The van der Waals surface area contributed by atoms with Crippen LogP contribution in [0, 0.1) is 0 Å². The van der Waals surface area contributed by atoms with Crippen LogP contribution in [0.1, 0.15) is 49.9 Å². The Labute approximate surface area is 159 Å². The fraction of sp³-hybridized carbons (Fsp3) is 0.450. The molecule has 148 valence electrons. The van der Waals surface area contributed by atoms with Gasteiger partial charge in [0.1, 0.15) is 6.26 Å². The molecular weight excluding hydrogens is 350 g/mol. The second-order valence-electron chi connectivity index (χ2n) is 5.58. The van der Waals surface area contributed by atoms with Crippen LogP contribution in [0.3, 0.4) is 0 Å². The first kappa shape index (κ1) is 22.2. The maximum atomic E-state index is 11.8. The van der Waals surface area contributed by atoms with Gasteiger partial charge >= 0.3 is 17.9 Å². The van der Waals surface area contributed by atoms with Crippen molar-refractivity contribution in [1.29, 1.82) is 0 Å². The molecule has 0 radical (unpaired) electrons. The molecular formula is C20H27NO6. The Balaban J connectivity index is 2.26. The lowest BCUT2D eigenvalue weighted by Crippen LogP contribution is -2.05. The minimum absolute atomic E-state index is 0.148. The SMILES string of the molecule is CCOC(=O)C=COC(=O)c1ccc(NCCCCCC(=O)OCC)cc1. The Bertz CT molecular complexity index is 624. The molecule has 1 N–H and O–H groups in total. The fourth-order valence-corrected chi connectivity index (χ4v) is 2.17. The second kappa shape index (κ2) is 13.4. The molecule has 0 fully saturated rings. The van der Waals surface area contributed by atoms with E-state index in [9.17, 15) is 14.4 Å². The smallest absolute Gasteiger partial charge is 0.342 e. The van der Waals surface area contributed by atoms with Gasteiger partial charge in [-0.25, -0.2) is 9.59 Å². The van der Waals surface area contributed by atoms with Crippen molar-refractivity contribution in [2.75, 3.05) is 25.1 Å². The number of nitrogens with one attached hydrogen (secondary N) is 1. The van der Waals surface area contributed by atoms with Gasteiger partial charge in [-0.3, -0.25) is 4.79 Å². The molecule has 0 atom stereocenters. The number of esters is 3. The molecule has 0 bridgehead atoms. The third kappa shape index (κ3) is 10.0. The number of anilines is 1. The summed E-state index contributed by atoms with van der Waals surface area (Å²) >= 11 is 0. The van der Waals surface area contributed by atoms with Crippen molar-refractivity contribution >= 4 is 23.6 Å². The van der Waals surface area contributed by atoms with E-state index in [0.717, 1.165) is 43.8 Å². The Kier molecular flexibility index (Phi) is 11.0. The van der Waals surface area contributed by atoms with Crippen LogP contribution in [0.4, 0.5) is 5.69 Å². The zero-order chi connectivity index (χ0) is 19.9. The van der Waals surface area contributed by atoms with Crippen molar-refractivity contribution in [3.63, 3.8) is 0 Å². The molecule has 0 aliphatic heterocycles. The Morgan fingerprint density at radius 1 is 0.963 bits per heavy atom. The van der Waals surface area contributed by atoms with E-state index in [2.05, 4.69) is 10.1 Å². The zero-order valence-electron chi connectivity index (χ0n) is 15.9. The average molecular weight is 377 g/mol. The van der Waals surface area contributed by atoms with Crippen LogP contribution in [0.25, 0.3) is 0 Å². The summed E-state index contributed by atoms with van der Waals surface area (Å²) in [6, 6.07) is 6.85. The van der Waals surface area contributed by atoms with Crippen LogP contribution in [0.2, 0.25) is 0 Å². The van der Waals surface area contributed by atoms with Gasteiger partial charge in [-0.05, 0) is 51.0 Å². The highest BCUT2D eigenvalue weighted by atomic mass is 16.5. The lowest BCUT2D eigenvalue weighted by atomic mass is 10.2. The standard InChI is InChI=1S/C20H27NO6/c1-3-25-18(22)8-6-5-7-14-21-17-11-9-16(10-12-17)20(24)27-15-13-19(23)26-4-2/h9-13,15,21H,3-8,14H2,1-2H3. The minimum Gasteiger partial charge on any atom is -0.466 e. The van der Waals surface area contributed by atoms with Crippen molar-refractivity contribution in [2.45, 2.75) is 39.5 Å². The van der Waals surface area contributed by atoms with Crippen molar-refractivity contribution in [1.82, 2.24) is 0 Å². The summed E-state index contributed by atoms with van der Waals surface area (Å²) in [4.78, 5) is 34.2. The van der Waals surface area contributed by atoms with Gasteiger partial charge in [-0.1, -0.05) is 6.42 Å². The monoisotopic (exact) mass is 377 g/mol. The Hall–Kier alpha value is -2.83. The number of hydrogen-bond acceptors (Lipinski definition) is 7. The first-order chi connectivity index (χ1) is 13.1. The molecule has 0 saturated carbocycles. The number of carbonyl (C=O) groups excluding carboxylic acids is 3. The molecule has 7 nitrogen and oxygen atoms in total. The summed E-state index contributed by atoms with van der Waals surface area (Å²) in [6.45, 7) is 4.95. The number of carbonyl (C=O) groups is 3. The highest BCUT2D eigenvalue weighted by Gasteiger charge is 2.06. The van der Waals surface area contributed by atoms with Crippen LogP contribution in [-0.2, 0) is 23.8 Å². The van der Waals surface area contributed by atoms with Gasteiger partial charge in [0, 0.05) is 18.7 Å². The van der Waals surface area contributed by atoms with E-state index in [-0.39, 0.29) is 12.6 Å². The zero-order valence-corrected chi connectivity index (χ0v) is 15.9. The molecule has 1 aromatic rings. The van der Waals surface area contributed by atoms with Crippen LogP contribution in [0.15, 0.2) is 36.6 Å². The van der Waals surface area contributed by atoms with Gasteiger partial charge in [0.15, 0.2) is 0 Å². The van der Waals surface area contributed by atoms with Crippen molar-refractivity contribution in [3.05, 3.63) is 42.2 Å². The summed E-state index contributed by atoms with van der Waals surface area (Å²) in [5.41, 5.74) is 1.27. The third-order valence-corrected chi connectivity index (χ3v) is 3.48.